The molecule has 0 amide bonds. The third-order valence-corrected chi connectivity index (χ3v) is 1.83. The summed E-state index contributed by atoms with van der Waals surface area (Å²) in [6, 6.07) is 0. The Labute approximate surface area is 53.6 Å². The zero-order valence-electron chi connectivity index (χ0n) is 5.26. The summed E-state index contributed by atoms with van der Waals surface area (Å²) in [5, 5.41) is 0. The zero-order chi connectivity index (χ0) is 6.27. The standard InChI is InChI=1S/C6H9NO2/c1-4-5-2-9-7-6(5)3-8-4/h3-5,7H,2H2,1H3/t4-,5-/m1/s1. The maximum Gasteiger partial charge on any atom is 0.106 e. The van der Waals surface area contributed by atoms with Crippen molar-refractivity contribution >= 4 is 0 Å². The average Bonchev–Trinajstić information content (AvgIpc) is 2.35. The van der Waals surface area contributed by atoms with Gasteiger partial charge in [-0.05, 0) is 6.92 Å². The fraction of sp³-hybridized carbons (Fsp3) is 0.667. The minimum Gasteiger partial charge on any atom is -0.496 e. The zero-order valence-corrected chi connectivity index (χ0v) is 5.26. The second-order valence-electron chi connectivity index (χ2n) is 2.43. The highest BCUT2D eigenvalue weighted by Crippen LogP contribution is 2.27. The van der Waals surface area contributed by atoms with Gasteiger partial charge in [0.1, 0.15) is 12.4 Å². The summed E-state index contributed by atoms with van der Waals surface area (Å²) in [6.45, 7) is 2.79. The summed E-state index contributed by atoms with van der Waals surface area (Å²) in [5.41, 5.74) is 3.87. The summed E-state index contributed by atoms with van der Waals surface area (Å²) >= 11 is 0. The van der Waals surface area contributed by atoms with E-state index in [4.69, 9.17) is 9.57 Å². The fourth-order valence-corrected chi connectivity index (χ4v) is 1.16. The highest BCUT2D eigenvalue weighted by atomic mass is 16.7. The van der Waals surface area contributed by atoms with Crippen LogP contribution in [0.3, 0.4) is 0 Å². The lowest BCUT2D eigenvalue weighted by atomic mass is 10.1. The van der Waals surface area contributed by atoms with Crippen molar-refractivity contribution < 1.29 is 9.57 Å². The fourth-order valence-electron chi connectivity index (χ4n) is 1.16. The Hall–Kier alpha value is -0.700. The molecule has 2 heterocycles. The Balaban J connectivity index is 2.19. The van der Waals surface area contributed by atoms with Gasteiger partial charge in [0.05, 0.1) is 18.2 Å². The molecule has 2 rings (SSSR count). The van der Waals surface area contributed by atoms with Crippen LogP contribution in [0.5, 0.6) is 0 Å². The van der Waals surface area contributed by atoms with E-state index in [1.165, 1.54) is 0 Å². The number of hydroxylamine groups is 1. The Morgan fingerprint density at radius 3 is 3.44 bits per heavy atom. The molecule has 1 fully saturated rings. The maximum atomic E-state index is 5.22. The molecule has 0 unspecified atom stereocenters. The van der Waals surface area contributed by atoms with Gasteiger partial charge in [0.25, 0.3) is 0 Å². The number of nitrogens with one attached hydrogen (secondary N) is 1. The van der Waals surface area contributed by atoms with Crippen LogP contribution in [-0.4, -0.2) is 12.7 Å². The molecular formula is C6H9NO2. The Bertz CT molecular complexity index is 155. The van der Waals surface area contributed by atoms with E-state index in [1.807, 2.05) is 6.92 Å². The van der Waals surface area contributed by atoms with Crippen LogP contribution >= 0.6 is 0 Å². The number of fused-ring (bicyclic) bond motifs is 1. The van der Waals surface area contributed by atoms with Crippen LogP contribution in [0.15, 0.2) is 12.0 Å². The third kappa shape index (κ3) is 0.612. The molecule has 3 heteroatoms. The largest absolute Gasteiger partial charge is 0.496 e. The van der Waals surface area contributed by atoms with Crippen molar-refractivity contribution in [2.75, 3.05) is 6.61 Å². The smallest absolute Gasteiger partial charge is 0.106 e. The summed E-state index contributed by atoms with van der Waals surface area (Å²) in [5.74, 6) is 0.449. The topological polar surface area (TPSA) is 30.5 Å². The van der Waals surface area contributed by atoms with E-state index < -0.39 is 0 Å². The number of hydrogen-bond acceptors (Lipinski definition) is 3. The first-order chi connectivity index (χ1) is 4.38. The van der Waals surface area contributed by atoms with Gasteiger partial charge in [-0.25, -0.2) is 0 Å². The number of hydrogen-bond donors (Lipinski definition) is 1. The molecule has 2 aliphatic heterocycles. The third-order valence-electron chi connectivity index (χ3n) is 1.83. The van der Waals surface area contributed by atoms with Crippen LogP contribution in [0, 0.1) is 5.92 Å². The lowest BCUT2D eigenvalue weighted by Gasteiger charge is -2.07. The van der Waals surface area contributed by atoms with Gasteiger partial charge >= 0.3 is 0 Å². The van der Waals surface area contributed by atoms with Gasteiger partial charge in [-0.3, -0.25) is 10.3 Å². The second-order valence-corrected chi connectivity index (χ2v) is 2.43. The average molecular weight is 127 g/mol. The first-order valence-corrected chi connectivity index (χ1v) is 3.11. The molecule has 50 valence electrons. The minimum absolute atomic E-state index is 0.287. The molecule has 1 saturated heterocycles. The molecule has 0 aliphatic carbocycles. The monoisotopic (exact) mass is 127 g/mol. The molecule has 2 aliphatic rings. The summed E-state index contributed by atoms with van der Waals surface area (Å²) < 4.78 is 5.22. The van der Waals surface area contributed by atoms with Crippen LogP contribution in [-0.2, 0) is 9.57 Å². The molecule has 2 atom stereocenters. The molecule has 0 aromatic carbocycles. The van der Waals surface area contributed by atoms with Crippen LogP contribution in [0.25, 0.3) is 0 Å². The second kappa shape index (κ2) is 1.64. The molecule has 0 aromatic rings. The predicted molar refractivity (Wildman–Crippen MR) is 31.2 cm³/mol. The van der Waals surface area contributed by atoms with Gasteiger partial charge in [-0.15, -0.1) is 0 Å². The molecule has 9 heavy (non-hydrogen) atoms. The van der Waals surface area contributed by atoms with Gasteiger partial charge in [0, 0.05) is 0 Å². The van der Waals surface area contributed by atoms with Crippen molar-refractivity contribution in [1.82, 2.24) is 5.48 Å². The Morgan fingerprint density at radius 1 is 1.78 bits per heavy atom. The van der Waals surface area contributed by atoms with E-state index in [-0.39, 0.29) is 6.10 Å². The van der Waals surface area contributed by atoms with Crippen molar-refractivity contribution in [2.24, 2.45) is 5.92 Å². The van der Waals surface area contributed by atoms with Gasteiger partial charge in [-0.2, -0.15) is 0 Å². The van der Waals surface area contributed by atoms with Crippen molar-refractivity contribution in [3.05, 3.63) is 12.0 Å². The van der Waals surface area contributed by atoms with Crippen LogP contribution in [0.1, 0.15) is 6.92 Å². The highest BCUT2D eigenvalue weighted by Gasteiger charge is 2.33. The summed E-state index contributed by atoms with van der Waals surface area (Å²) in [4.78, 5) is 4.98. The van der Waals surface area contributed by atoms with Crippen molar-refractivity contribution in [3.63, 3.8) is 0 Å². The van der Waals surface area contributed by atoms with Gasteiger partial charge in [-0.1, -0.05) is 0 Å². The van der Waals surface area contributed by atoms with Crippen molar-refractivity contribution in [1.29, 1.82) is 0 Å². The van der Waals surface area contributed by atoms with Crippen LogP contribution < -0.4 is 5.48 Å². The molecule has 1 N–H and O–H groups in total. The molecule has 0 spiro atoms. The first-order valence-electron chi connectivity index (χ1n) is 3.11. The summed E-state index contributed by atoms with van der Waals surface area (Å²) in [6.07, 6.45) is 2.03. The minimum atomic E-state index is 0.287. The summed E-state index contributed by atoms with van der Waals surface area (Å²) in [7, 11) is 0. The maximum absolute atomic E-state index is 5.22. The van der Waals surface area contributed by atoms with Gasteiger partial charge < -0.3 is 4.74 Å². The van der Waals surface area contributed by atoms with Crippen molar-refractivity contribution in [3.8, 4) is 0 Å². The van der Waals surface area contributed by atoms with E-state index in [1.54, 1.807) is 6.26 Å². The van der Waals surface area contributed by atoms with E-state index in [2.05, 4.69) is 5.48 Å². The number of rotatable bonds is 0. The van der Waals surface area contributed by atoms with E-state index in [0.717, 1.165) is 12.3 Å². The van der Waals surface area contributed by atoms with Gasteiger partial charge in [0.15, 0.2) is 0 Å². The molecule has 0 bridgehead atoms. The lowest BCUT2D eigenvalue weighted by Crippen LogP contribution is -2.14. The first kappa shape index (κ1) is 5.11. The van der Waals surface area contributed by atoms with E-state index in [0.29, 0.717) is 5.92 Å². The lowest BCUT2D eigenvalue weighted by molar-refractivity contribution is 0.0652. The molecule has 0 aromatic heterocycles. The Morgan fingerprint density at radius 2 is 2.67 bits per heavy atom. The van der Waals surface area contributed by atoms with Crippen molar-refractivity contribution in [2.45, 2.75) is 13.0 Å². The quantitative estimate of drug-likeness (QED) is 0.511. The molecule has 3 nitrogen and oxygen atoms in total. The number of ether oxygens (including phenoxy) is 1. The SMILES string of the molecule is C[C@H]1OC=C2NOC[C@@H]21. The molecule has 0 radical (unpaired) electrons. The normalized spacial score (nSPS) is 39.0. The van der Waals surface area contributed by atoms with Crippen LogP contribution in [0.2, 0.25) is 0 Å². The van der Waals surface area contributed by atoms with E-state index in [9.17, 15) is 0 Å². The molecule has 0 saturated carbocycles. The predicted octanol–water partition coefficient (Wildman–Crippen LogP) is 0.397. The van der Waals surface area contributed by atoms with E-state index >= 15 is 0 Å². The van der Waals surface area contributed by atoms with Crippen LogP contribution in [0.4, 0.5) is 0 Å². The molecular weight excluding hydrogens is 118 g/mol. The Kier molecular flexibility index (Phi) is 0.931. The van der Waals surface area contributed by atoms with Gasteiger partial charge in [0.2, 0.25) is 0 Å². The highest BCUT2D eigenvalue weighted by molar-refractivity contribution is 5.09.